The second-order valence-electron chi connectivity index (χ2n) is 6.63. The summed E-state index contributed by atoms with van der Waals surface area (Å²) in [5, 5.41) is 2.87. The Bertz CT molecular complexity index is 799. The van der Waals surface area contributed by atoms with Gasteiger partial charge < -0.3 is 15.0 Å². The Morgan fingerprint density at radius 1 is 1.11 bits per heavy atom. The van der Waals surface area contributed by atoms with E-state index in [1.54, 1.807) is 19.2 Å². The molecule has 2 amide bonds. The van der Waals surface area contributed by atoms with Crippen molar-refractivity contribution in [1.82, 2.24) is 15.2 Å². The van der Waals surface area contributed by atoms with Crippen LogP contribution in [0, 0.1) is 0 Å². The second kappa shape index (κ2) is 9.16. The van der Waals surface area contributed by atoms with Crippen molar-refractivity contribution < 1.29 is 14.3 Å². The number of hydrogen-bond acceptors (Lipinski definition) is 4. The van der Waals surface area contributed by atoms with E-state index in [0.717, 1.165) is 50.1 Å². The maximum Gasteiger partial charge on any atom is 0.272 e. The monoisotopic (exact) mass is 367 g/mol. The van der Waals surface area contributed by atoms with Gasteiger partial charge in [0.05, 0.1) is 7.11 Å². The largest absolute Gasteiger partial charge is 0.496 e. The lowest BCUT2D eigenvalue weighted by Gasteiger charge is -2.19. The van der Waals surface area contributed by atoms with Crippen LogP contribution in [-0.2, 0) is 6.54 Å². The molecule has 1 fully saturated rings. The fraction of sp³-hybridized carbons (Fsp3) is 0.381. The number of para-hydroxylation sites is 1. The number of rotatable bonds is 5. The van der Waals surface area contributed by atoms with Gasteiger partial charge in [-0.15, -0.1) is 0 Å². The number of nitrogens with one attached hydrogen (secondary N) is 1. The lowest BCUT2D eigenvalue weighted by atomic mass is 10.1. The Morgan fingerprint density at radius 3 is 2.59 bits per heavy atom. The van der Waals surface area contributed by atoms with Gasteiger partial charge in [0, 0.05) is 37.0 Å². The van der Waals surface area contributed by atoms with Crippen molar-refractivity contribution in [3.8, 4) is 5.75 Å². The van der Waals surface area contributed by atoms with Crippen LogP contribution in [0.5, 0.6) is 5.75 Å². The molecule has 0 radical (unpaired) electrons. The molecule has 6 nitrogen and oxygen atoms in total. The Hall–Kier alpha value is -2.89. The molecule has 2 heterocycles. The van der Waals surface area contributed by atoms with Gasteiger partial charge in [-0.2, -0.15) is 0 Å². The van der Waals surface area contributed by atoms with Crippen LogP contribution in [0.1, 0.15) is 52.1 Å². The molecule has 1 aliphatic heterocycles. The molecule has 1 aromatic heterocycles. The van der Waals surface area contributed by atoms with Crippen molar-refractivity contribution in [3.63, 3.8) is 0 Å². The van der Waals surface area contributed by atoms with Crippen LogP contribution in [0.2, 0.25) is 0 Å². The van der Waals surface area contributed by atoms with Crippen LogP contribution in [0.15, 0.2) is 42.6 Å². The van der Waals surface area contributed by atoms with Gasteiger partial charge in [0.15, 0.2) is 0 Å². The molecule has 27 heavy (non-hydrogen) atoms. The standard InChI is InChI=1S/C21H25N3O3/c1-27-19-9-5-4-8-17(19)15-23-20(25)16-10-11-22-18(14-16)21(26)24-12-6-2-3-7-13-24/h4-5,8-11,14H,2-3,6-7,12-13,15H2,1H3,(H,23,25). The zero-order valence-electron chi connectivity index (χ0n) is 15.6. The predicted octanol–water partition coefficient (Wildman–Crippen LogP) is 3.04. The van der Waals surface area contributed by atoms with E-state index in [-0.39, 0.29) is 11.8 Å². The van der Waals surface area contributed by atoms with E-state index in [1.165, 1.54) is 6.20 Å². The van der Waals surface area contributed by atoms with E-state index in [0.29, 0.717) is 17.8 Å². The Balaban J connectivity index is 1.67. The molecule has 0 unspecified atom stereocenters. The van der Waals surface area contributed by atoms with Gasteiger partial charge in [-0.3, -0.25) is 14.6 Å². The number of carbonyl (C=O) groups is 2. The molecule has 0 bridgehead atoms. The summed E-state index contributed by atoms with van der Waals surface area (Å²) >= 11 is 0. The molecule has 1 aromatic carbocycles. The number of hydrogen-bond donors (Lipinski definition) is 1. The first-order valence-corrected chi connectivity index (χ1v) is 9.34. The fourth-order valence-corrected chi connectivity index (χ4v) is 3.25. The van der Waals surface area contributed by atoms with Crippen LogP contribution in [0.25, 0.3) is 0 Å². The van der Waals surface area contributed by atoms with Gasteiger partial charge in [-0.25, -0.2) is 0 Å². The van der Waals surface area contributed by atoms with E-state index < -0.39 is 0 Å². The number of nitrogens with zero attached hydrogens (tertiary/aromatic N) is 2. The van der Waals surface area contributed by atoms with E-state index >= 15 is 0 Å². The third kappa shape index (κ3) is 4.84. The minimum absolute atomic E-state index is 0.101. The van der Waals surface area contributed by atoms with Crippen LogP contribution in [0.4, 0.5) is 0 Å². The fourth-order valence-electron chi connectivity index (χ4n) is 3.25. The van der Waals surface area contributed by atoms with E-state index in [2.05, 4.69) is 10.3 Å². The van der Waals surface area contributed by atoms with Gasteiger partial charge in [0.25, 0.3) is 11.8 Å². The molecule has 142 valence electrons. The van der Waals surface area contributed by atoms with Crippen molar-refractivity contribution in [2.24, 2.45) is 0 Å². The highest BCUT2D eigenvalue weighted by Crippen LogP contribution is 2.17. The van der Waals surface area contributed by atoms with Crippen LogP contribution in [0.3, 0.4) is 0 Å². The topological polar surface area (TPSA) is 71.5 Å². The number of likely N-dealkylation sites (tertiary alicyclic amines) is 1. The maximum absolute atomic E-state index is 12.7. The number of aromatic nitrogens is 1. The summed E-state index contributed by atoms with van der Waals surface area (Å²) in [5.74, 6) is 0.383. The van der Waals surface area contributed by atoms with Crippen molar-refractivity contribution in [2.45, 2.75) is 32.2 Å². The first kappa shape index (κ1) is 18.9. The summed E-state index contributed by atoms with van der Waals surface area (Å²) in [6.07, 6.45) is 5.87. The quantitative estimate of drug-likeness (QED) is 0.882. The van der Waals surface area contributed by atoms with Crippen LogP contribution >= 0.6 is 0 Å². The summed E-state index contributed by atoms with van der Waals surface area (Å²) in [7, 11) is 1.60. The lowest BCUT2D eigenvalue weighted by Crippen LogP contribution is -2.32. The summed E-state index contributed by atoms with van der Waals surface area (Å²) in [6, 6.07) is 10.7. The zero-order valence-corrected chi connectivity index (χ0v) is 15.6. The van der Waals surface area contributed by atoms with Gasteiger partial charge in [0.1, 0.15) is 11.4 Å². The highest BCUT2D eigenvalue weighted by molar-refractivity contribution is 5.98. The van der Waals surface area contributed by atoms with E-state index in [1.807, 2.05) is 29.2 Å². The molecule has 1 aliphatic rings. The molecule has 3 rings (SSSR count). The van der Waals surface area contributed by atoms with Gasteiger partial charge in [0.2, 0.25) is 0 Å². The number of carbonyl (C=O) groups excluding carboxylic acids is 2. The normalized spacial score (nSPS) is 14.3. The summed E-state index contributed by atoms with van der Waals surface area (Å²) in [6.45, 7) is 1.86. The number of methoxy groups -OCH3 is 1. The Labute approximate surface area is 159 Å². The summed E-state index contributed by atoms with van der Waals surface area (Å²) < 4.78 is 5.30. The number of benzene rings is 1. The number of pyridine rings is 1. The molecule has 2 aromatic rings. The minimum Gasteiger partial charge on any atom is -0.496 e. The van der Waals surface area contributed by atoms with E-state index in [9.17, 15) is 9.59 Å². The van der Waals surface area contributed by atoms with Crippen molar-refractivity contribution in [3.05, 3.63) is 59.4 Å². The van der Waals surface area contributed by atoms with E-state index in [4.69, 9.17) is 4.74 Å². The molecule has 0 spiro atoms. The van der Waals surface area contributed by atoms with Gasteiger partial charge in [-0.05, 0) is 31.0 Å². The average Bonchev–Trinajstić information content (AvgIpc) is 3.01. The van der Waals surface area contributed by atoms with Crippen molar-refractivity contribution in [2.75, 3.05) is 20.2 Å². The zero-order chi connectivity index (χ0) is 19.1. The van der Waals surface area contributed by atoms with Gasteiger partial charge in [-0.1, -0.05) is 31.0 Å². The van der Waals surface area contributed by atoms with Crippen LogP contribution < -0.4 is 10.1 Å². The highest BCUT2D eigenvalue weighted by Gasteiger charge is 2.19. The van der Waals surface area contributed by atoms with Crippen molar-refractivity contribution in [1.29, 1.82) is 0 Å². The Morgan fingerprint density at radius 2 is 1.85 bits per heavy atom. The SMILES string of the molecule is COc1ccccc1CNC(=O)c1ccnc(C(=O)N2CCCCCC2)c1. The summed E-state index contributed by atoms with van der Waals surface area (Å²) in [5.41, 5.74) is 1.64. The smallest absolute Gasteiger partial charge is 0.272 e. The predicted molar refractivity (Wildman–Crippen MR) is 103 cm³/mol. The Kier molecular flexibility index (Phi) is 6.41. The molecular weight excluding hydrogens is 342 g/mol. The molecule has 0 atom stereocenters. The minimum atomic E-state index is -0.242. The van der Waals surface area contributed by atoms with Crippen molar-refractivity contribution >= 4 is 11.8 Å². The second-order valence-corrected chi connectivity index (χ2v) is 6.63. The highest BCUT2D eigenvalue weighted by atomic mass is 16.5. The van der Waals surface area contributed by atoms with Gasteiger partial charge >= 0.3 is 0 Å². The molecule has 1 N–H and O–H groups in total. The molecule has 0 aliphatic carbocycles. The first-order valence-electron chi connectivity index (χ1n) is 9.34. The molecule has 0 saturated carbocycles. The molecule has 6 heteroatoms. The lowest BCUT2D eigenvalue weighted by molar-refractivity contribution is 0.0755. The number of amides is 2. The molecular formula is C21H25N3O3. The van der Waals surface area contributed by atoms with Crippen LogP contribution in [-0.4, -0.2) is 41.9 Å². The average molecular weight is 367 g/mol. The molecule has 1 saturated heterocycles. The third-order valence-corrected chi connectivity index (χ3v) is 4.77. The number of ether oxygens (including phenoxy) is 1. The third-order valence-electron chi connectivity index (χ3n) is 4.77. The summed E-state index contributed by atoms with van der Waals surface area (Å²) in [4.78, 5) is 31.2. The first-order chi connectivity index (χ1) is 13.2. The maximum atomic E-state index is 12.7.